The van der Waals surface area contributed by atoms with Crippen molar-refractivity contribution in [1.82, 2.24) is 39.1 Å². The second-order valence-electron chi connectivity index (χ2n) is 9.72. The molecule has 2 aliphatic heterocycles. The lowest BCUT2D eigenvalue weighted by molar-refractivity contribution is -0.150. The number of aromatic carboxylic acids is 1. The molecule has 2 amide bonds. The van der Waals surface area contributed by atoms with E-state index in [0.717, 1.165) is 33.3 Å². The Hall–Kier alpha value is -4.86. The molecule has 47 heavy (non-hydrogen) atoms. The normalized spacial score (nSPS) is 17.7. The maximum Gasteiger partial charge on any atom is 0.352 e. The number of imidazole rings is 1. The van der Waals surface area contributed by atoms with Gasteiger partial charge in [-0.05, 0) is 17.7 Å². The van der Waals surface area contributed by atoms with Crippen molar-refractivity contribution < 1.29 is 34.2 Å². The van der Waals surface area contributed by atoms with Gasteiger partial charge in [0.2, 0.25) is 11.5 Å². The molecule has 1 fully saturated rings. The van der Waals surface area contributed by atoms with Crippen LogP contribution in [0.25, 0.3) is 11.3 Å². The number of carbonyl (C=O) groups is 4. The molecule has 0 bridgehead atoms. The summed E-state index contributed by atoms with van der Waals surface area (Å²) in [5, 5.41) is 25.5. The van der Waals surface area contributed by atoms with Crippen LogP contribution in [0, 0.1) is 0 Å². The zero-order valence-electron chi connectivity index (χ0n) is 24.0. The zero-order chi connectivity index (χ0) is 33.2. The van der Waals surface area contributed by atoms with Gasteiger partial charge in [0.1, 0.15) is 29.1 Å². The van der Waals surface area contributed by atoms with Gasteiger partial charge in [-0.2, -0.15) is 9.36 Å². The third kappa shape index (κ3) is 6.54. The van der Waals surface area contributed by atoms with E-state index >= 15 is 0 Å². The first kappa shape index (κ1) is 32.1. The molecule has 6 rings (SSSR count). The lowest BCUT2D eigenvalue weighted by atomic mass is 10.0. The number of fused-ring (bicyclic) bond motifs is 1. The zero-order valence-corrected chi connectivity index (χ0v) is 27.2. The van der Waals surface area contributed by atoms with Crippen LogP contribution in [0.3, 0.4) is 0 Å². The Kier molecular flexibility index (Phi) is 9.20. The third-order valence-corrected chi connectivity index (χ3v) is 10.9. The van der Waals surface area contributed by atoms with Crippen molar-refractivity contribution in [1.29, 1.82) is 0 Å². The van der Waals surface area contributed by atoms with Gasteiger partial charge in [0.25, 0.3) is 11.8 Å². The summed E-state index contributed by atoms with van der Waals surface area (Å²) in [6.07, 6.45) is 6.68. The Balaban J connectivity index is 1.15. The summed E-state index contributed by atoms with van der Waals surface area (Å²) in [5.41, 5.74) is 7.40. The number of aliphatic carboxylic acids is 1. The van der Waals surface area contributed by atoms with Gasteiger partial charge in [0.15, 0.2) is 9.47 Å². The standard InChI is InChI=1S/C26H22N10O7S4/c1-43-33-15(19-32-25(27)47-34-19)20(37)31-16-21(38)36-17(23(39)40)12(8-44-22(16)36)9-45-26-30-14(18(46-26)24(41)42)7-35-6-13(29-10-35)11-3-2-4-28-5-11/h2-6,10,16,22H,7-9H2,1H3,(H,31,37)(H,39,40)(H,41,42)(H2,27,32,34)/b33-15+/t16-,22-/m1/s1. The topological polar surface area (TPSA) is 241 Å². The van der Waals surface area contributed by atoms with E-state index in [2.05, 4.69) is 34.8 Å². The van der Waals surface area contributed by atoms with Crippen molar-refractivity contribution in [3.05, 3.63) is 64.7 Å². The minimum Gasteiger partial charge on any atom is -0.477 e. The van der Waals surface area contributed by atoms with Gasteiger partial charge in [0.05, 0.1) is 24.3 Å². The van der Waals surface area contributed by atoms with Crippen molar-refractivity contribution in [2.75, 3.05) is 24.3 Å². The monoisotopic (exact) mass is 714 g/mol. The molecule has 242 valence electrons. The lowest BCUT2D eigenvalue weighted by Gasteiger charge is -2.49. The maximum atomic E-state index is 13.2. The van der Waals surface area contributed by atoms with Gasteiger partial charge in [0, 0.05) is 47.2 Å². The number of hydrogen-bond donors (Lipinski definition) is 4. The number of nitrogens with two attached hydrogens (primary N) is 1. The number of β-lactam (4-membered cyclic amide) rings is 1. The van der Waals surface area contributed by atoms with Crippen LogP contribution in [0.1, 0.15) is 21.2 Å². The average Bonchev–Trinajstić information content (AvgIpc) is 3.81. The van der Waals surface area contributed by atoms with E-state index in [9.17, 15) is 29.4 Å². The maximum absolute atomic E-state index is 13.2. The Morgan fingerprint density at radius 1 is 1.26 bits per heavy atom. The van der Waals surface area contributed by atoms with Crippen molar-refractivity contribution in [2.24, 2.45) is 5.16 Å². The summed E-state index contributed by atoms with van der Waals surface area (Å²) in [6, 6.07) is 2.62. The van der Waals surface area contributed by atoms with Crippen LogP contribution < -0.4 is 11.1 Å². The number of hydrogen-bond acceptors (Lipinski definition) is 16. The first-order chi connectivity index (χ1) is 22.6. The quantitative estimate of drug-likeness (QED) is 0.0703. The second kappa shape index (κ2) is 13.5. The molecule has 0 aliphatic carbocycles. The predicted octanol–water partition coefficient (Wildman–Crippen LogP) is 1.46. The smallest absolute Gasteiger partial charge is 0.352 e. The number of carboxylic acids is 2. The van der Waals surface area contributed by atoms with Gasteiger partial charge in [-0.15, -0.1) is 23.1 Å². The SMILES string of the molecule is CO/N=C(/C(=O)N[C@@H]1C(=O)N2C(C(=O)O)=C(CSc3nc(Cn4cnc(-c5cccnc5)c4)c(C(=O)O)s3)CS[C@H]12)c1nsc(N)n1. The van der Waals surface area contributed by atoms with E-state index in [0.29, 0.717) is 21.3 Å². The fourth-order valence-electron chi connectivity index (χ4n) is 4.71. The number of nitrogens with one attached hydrogen (secondary N) is 1. The van der Waals surface area contributed by atoms with Crippen molar-refractivity contribution >= 4 is 81.0 Å². The fraction of sp³-hybridized carbons (Fsp3) is 0.231. The second-order valence-corrected chi connectivity index (χ2v) is 13.8. The molecule has 0 unspecified atom stereocenters. The Labute approximate surface area is 281 Å². The number of oxime groups is 1. The fourth-order valence-corrected chi connectivity index (χ4v) is 8.64. The van der Waals surface area contributed by atoms with Crippen molar-refractivity contribution in [3.63, 3.8) is 0 Å². The highest BCUT2D eigenvalue weighted by Crippen LogP contribution is 2.42. The van der Waals surface area contributed by atoms with E-state index < -0.39 is 35.2 Å². The molecule has 2 aliphatic rings. The minimum atomic E-state index is -1.30. The summed E-state index contributed by atoms with van der Waals surface area (Å²) >= 11 is 4.30. The highest BCUT2D eigenvalue weighted by Gasteiger charge is 2.54. The van der Waals surface area contributed by atoms with Crippen molar-refractivity contribution in [3.8, 4) is 11.3 Å². The first-order valence-corrected chi connectivity index (χ1v) is 17.0. The summed E-state index contributed by atoms with van der Waals surface area (Å²) in [4.78, 5) is 73.3. The van der Waals surface area contributed by atoms with Gasteiger partial charge in [-0.3, -0.25) is 19.5 Å². The van der Waals surface area contributed by atoms with Gasteiger partial charge < -0.3 is 30.7 Å². The van der Waals surface area contributed by atoms with Crippen LogP contribution in [0.4, 0.5) is 5.13 Å². The largest absolute Gasteiger partial charge is 0.477 e. The molecule has 2 atom stereocenters. The van der Waals surface area contributed by atoms with Gasteiger partial charge in [-0.25, -0.2) is 19.6 Å². The van der Waals surface area contributed by atoms with E-state index in [-0.39, 0.29) is 45.3 Å². The number of nitrogens with zero attached hydrogens (tertiary/aromatic N) is 8. The highest BCUT2D eigenvalue weighted by atomic mass is 32.2. The molecule has 0 saturated carbocycles. The Morgan fingerprint density at radius 3 is 2.77 bits per heavy atom. The molecule has 21 heteroatoms. The van der Waals surface area contributed by atoms with Crippen LogP contribution in [0.15, 0.2) is 57.8 Å². The lowest BCUT2D eigenvalue weighted by Crippen LogP contribution is -2.71. The number of carboxylic acid groups (broad SMARTS) is 2. The number of pyridine rings is 1. The van der Waals surface area contributed by atoms with E-state index in [1.54, 1.807) is 35.6 Å². The van der Waals surface area contributed by atoms with E-state index in [4.69, 9.17) is 10.6 Å². The molecule has 0 spiro atoms. The molecule has 1 saturated heterocycles. The van der Waals surface area contributed by atoms with Gasteiger partial charge >= 0.3 is 11.9 Å². The van der Waals surface area contributed by atoms with Gasteiger partial charge in [-0.1, -0.05) is 16.9 Å². The molecule has 6 heterocycles. The summed E-state index contributed by atoms with van der Waals surface area (Å²) in [6.45, 7) is 0.157. The molecule has 0 aromatic carbocycles. The molecule has 17 nitrogen and oxygen atoms in total. The number of aromatic nitrogens is 6. The van der Waals surface area contributed by atoms with Crippen molar-refractivity contribution in [2.45, 2.75) is 22.3 Å². The number of carbonyl (C=O) groups excluding carboxylic acids is 2. The van der Waals surface area contributed by atoms with Crippen LogP contribution >= 0.6 is 46.4 Å². The van der Waals surface area contributed by atoms with E-state index in [1.807, 2.05) is 6.07 Å². The van der Waals surface area contributed by atoms with E-state index in [1.165, 1.54) is 30.6 Å². The minimum absolute atomic E-state index is 0.0538. The number of thioether (sulfide) groups is 2. The molecule has 4 aromatic heterocycles. The summed E-state index contributed by atoms with van der Waals surface area (Å²) in [5.74, 6) is -3.53. The Bertz CT molecular complexity index is 1940. The summed E-state index contributed by atoms with van der Waals surface area (Å²) in [7, 11) is 1.23. The van der Waals surface area contributed by atoms with Crippen LogP contribution in [0.5, 0.6) is 0 Å². The summed E-state index contributed by atoms with van der Waals surface area (Å²) < 4.78 is 6.10. The first-order valence-electron chi connectivity index (χ1n) is 13.3. The number of nitrogen functional groups attached to an aromatic ring is 1. The number of rotatable bonds is 12. The average molecular weight is 715 g/mol. The van der Waals surface area contributed by atoms with Crippen LogP contribution in [0.2, 0.25) is 0 Å². The number of thiazole rings is 1. The number of amides is 2. The Morgan fingerprint density at radius 2 is 2.09 bits per heavy atom. The highest BCUT2D eigenvalue weighted by molar-refractivity contribution is 8.01. The number of anilines is 1. The van der Waals surface area contributed by atoms with Crippen LogP contribution in [-0.4, -0.2) is 103 Å². The molecule has 4 aromatic rings. The predicted molar refractivity (Wildman–Crippen MR) is 172 cm³/mol. The molecular weight excluding hydrogens is 693 g/mol. The molecule has 5 N–H and O–H groups in total. The van der Waals surface area contributed by atoms with Crippen LogP contribution in [-0.2, 0) is 25.8 Å². The molecule has 0 radical (unpaired) electrons. The third-order valence-electron chi connectivity index (χ3n) is 6.75. The molecular formula is C26H22N10O7S4.